The van der Waals surface area contributed by atoms with Crippen LogP contribution < -0.4 is 21.1 Å². The molecule has 2 aromatic rings. The van der Waals surface area contributed by atoms with Crippen molar-refractivity contribution >= 4 is 29.9 Å². The van der Waals surface area contributed by atoms with Crippen LogP contribution in [0.3, 0.4) is 0 Å². The zero-order chi connectivity index (χ0) is 18.5. The zero-order valence-electron chi connectivity index (χ0n) is 15.1. The molecule has 4 N–H and O–H groups in total. The molecule has 1 fully saturated rings. The molecule has 1 saturated heterocycles. The highest BCUT2D eigenvalue weighted by atomic mass is 35.5. The third-order valence-electron chi connectivity index (χ3n) is 4.44. The van der Waals surface area contributed by atoms with Gasteiger partial charge in [0.15, 0.2) is 0 Å². The van der Waals surface area contributed by atoms with Crippen LogP contribution in [0.15, 0.2) is 36.7 Å². The molecule has 1 aromatic heterocycles. The van der Waals surface area contributed by atoms with Crippen LogP contribution in [0.25, 0.3) is 0 Å². The normalized spacial score (nSPS) is 18.6. The Balaban J connectivity index is 0.00000261. The number of primary amides is 1. The number of carbonyl (C=O) groups excluding carboxylic acids is 2. The smallest absolute Gasteiger partial charge is 0.229 e. The van der Waals surface area contributed by atoms with E-state index in [1.165, 1.54) is 0 Å². The molecule has 146 valence electrons. The lowest BCUT2D eigenvalue weighted by Gasteiger charge is -2.17. The SMILES string of the molecule is Cl.Cn1cc([C@H]2CNC[C@@H]2C(=O)Nc2ccc(OCCC(N)=O)cc2)cn1. The Labute approximate surface area is 163 Å². The van der Waals surface area contributed by atoms with Gasteiger partial charge in [-0.2, -0.15) is 5.10 Å². The minimum absolute atomic E-state index is 0. The van der Waals surface area contributed by atoms with E-state index >= 15 is 0 Å². The molecule has 1 aromatic carbocycles. The number of nitrogens with two attached hydrogens (primary N) is 1. The average molecular weight is 394 g/mol. The number of carbonyl (C=O) groups is 2. The number of nitrogens with zero attached hydrogens (tertiary/aromatic N) is 2. The number of aromatic nitrogens is 2. The van der Waals surface area contributed by atoms with E-state index in [0.717, 1.165) is 12.1 Å². The molecule has 27 heavy (non-hydrogen) atoms. The van der Waals surface area contributed by atoms with Gasteiger partial charge in [0, 0.05) is 37.9 Å². The molecule has 2 heterocycles. The van der Waals surface area contributed by atoms with Crippen LogP contribution in [0.4, 0.5) is 5.69 Å². The maximum Gasteiger partial charge on any atom is 0.229 e. The summed E-state index contributed by atoms with van der Waals surface area (Å²) in [6.07, 6.45) is 3.94. The van der Waals surface area contributed by atoms with Crippen LogP contribution >= 0.6 is 12.4 Å². The summed E-state index contributed by atoms with van der Waals surface area (Å²) in [5.74, 6) is 0.166. The van der Waals surface area contributed by atoms with E-state index < -0.39 is 5.91 Å². The van der Waals surface area contributed by atoms with Gasteiger partial charge in [-0.15, -0.1) is 12.4 Å². The van der Waals surface area contributed by atoms with Gasteiger partial charge < -0.3 is 21.1 Å². The fourth-order valence-corrected chi connectivity index (χ4v) is 3.07. The standard InChI is InChI=1S/C18H23N5O3.ClH/c1-23-11-12(8-21-23)15-9-20-10-16(15)18(25)22-13-2-4-14(5-3-13)26-7-6-17(19)24;/h2-5,8,11,15-16,20H,6-7,9-10H2,1H3,(H2,19,24)(H,22,25);1H/t15-,16+;/m1./s1. The quantitative estimate of drug-likeness (QED) is 0.650. The molecule has 0 aliphatic carbocycles. The van der Waals surface area contributed by atoms with Crippen LogP contribution in [0.2, 0.25) is 0 Å². The van der Waals surface area contributed by atoms with Gasteiger partial charge in [0.1, 0.15) is 5.75 Å². The summed E-state index contributed by atoms with van der Waals surface area (Å²) in [6.45, 7) is 1.64. The lowest BCUT2D eigenvalue weighted by atomic mass is 9.90. The number of rotatable bonds is 7. The fourth-order valence-electron chi connectivity index (χ4n) is 3.07. The van der Waals surface area contributed by atoms with Crippen molar-refractivity contribution in [3.8, 4) is 5.75 Å². The first-order valence-electron chi connectivity index (χ1n) is 8.54. The van der Waals surface area contributed by atoms with E-state index in [4.69, 9.17) is 10.5 Å². The minimum atomic E-state index is -0.401. The van der Waals surface area contributed by atoms with Gasteiger partial charge in [-0.3, -0.25) is 14.3 Å². The van der Waals surface area contributed by atoms with Gasteiger partial charge >= 0.3 is 0 Å². The first kappa shape index (κ1) is 20.7. The van der Waals surface area contributed by atoms with Gasteiger partial charge in [-0.25, -0.2) is 0 Å². The molecule has 3 rings (SSSR count). The maximum atomic E-state index is 12.7. The first-order valence-corrected chi connectivity index (χ1v) is 8.54. The molecular weight excluding hydrogens is 370 g/mol. The van der Waals surface area contributed by atoms with Crippen molar-refractivity contribution in [2.75, 3.05) is 25.0 Å². The number of anilines is 1. The molecule has 8 nitrogen and oxygen atoms in total. The van der Waals surface area contributed by atoms with E-state index in [1.54, 1.807) is 28.9 Å². The third kappa shape index (κ3) is 5.45. The van der Waals surface area contributed by atoms with E-state index in [-0.39, 0.29) is 43.2 Å². The summed E-state index contributed by atoms with van der Waals surface area (Å²) in [7, 11) is 1.87. The number of nitrogens with one attached hydrogen (secondary N) is 2. The number of benzene rings is 1. The number of hydrogen-bond acceptors (Lipinski definition) is 5. The minimum Gasteiger partial charge on any atom is -0.493 e. The number of ether oxygens (including phenoxy) is 1. The van der Waals surface area contributed by atoms with E-state index in [9.17, 15) is 9.59 Å². The average Bonchev–Trinajstić information content (AvgIpc) is 3.24. The highest BCUT2D eigenvalue weighted by molar-refractivity contribution is 5.93. The lowest BCUT2D eigenvalue weighted by Crippen LogP contribution is -2.28. The largest absolute Gasteiger partial charge is 0.493 e. The molecule has 2 amide bonds. The van der Waals surface area contributed by atoms with Crippen LogP contribution in [-0.4, -0.2) is 41.3 Å². The Morgan fingerprint density at radius 2 is 2.07 bits per heavy atom. The van der Waals surface area contributed by atoms with Crippen LogP contribution in [0.1, 0.15) is 17.9 Å². The molecule has 9 heteroatoms. The van der Waals surface area contributed by atoms with Crippen molar-refractivity contribution in [1.29, 1.82) is 0 Å². The Kier molecular flexibility index (Phi) is 7.20. The second kappa shape index (κ2) is 9.38. The molecular formula is C18H24ClN5O3. The van der Waals surface area contributed by atoms with Gasteiger partial charge in [-0.05, 0) is 29.8 Å². The lowest BCUT2D eigenvalue weighted by molar-refractivity contribution is -0.120. The maximum absolute atomic E-state index is 12.7. The van der Waals surface area contributed by atoms with Crippen molar-refractivity contribution in [2.24, 2.45) is 18.7 Å². The molecule has 1 aliphatic heterocycles. The summed E-state index contributed by atoms with van der Waals surface area (Å²) in [6, 6.07) is 7.06. The second-order valence-electron chi connectivity index (χ2n) is 6.40. The summed E-state index contributed by atoms with van der Waals surface area (Å²) in [5.41, 5.74) is 6.84. The van der Waals surface area contributed by atoms with Crippen molar-refractivity contribution in [2.45, 2.75) is 12.3 Å². The summed E-state index contributed by atoms with van der Waals surface area (Å²) in [4.78, 5) is 23.4. The van der Waals surface area contributed by atoms with Crippen molar-refractivity contribution in [3.05, 3.63) is 42.2 Å². The molecule has 1 aliphatic rings. The van der Waals surface area contributed by atoms with Gasteiger partial charge in [0.05, 0.1) is 25.1 Å². The first-order chi connectivity index (χ1) is 12.5. The predicted molar refractivity (Wildman–Crippen MR) is 104 cm³/mol. The molecule has 2 atom stereocenters. The number of aryl methyl sites for hydroxylation is 1. The molecule has 0 radical (unpaired) electrons. The molecule has 0 saturated carbocycles. The Bertz CT molecular complexity index is 778. The van der Waals surface area contributed by atoms with Crippen molar-refractivity contribution in [1.82, 2.24) is 15.1 Å². The molecule has 0 spiro atoms. The molecule has 0 bridgehead atoms. The summed E-state index contributed by atoms with van der Waals surface area (Å²) < 4.78 is 7.17. The third-order valence-corrected chi connectivity index (χ3v) is 4.44. The second-order valence-corrected chi connectivity index (χ2v) is 6.40. The highest BCUT2D eigenvalue weighted by Gasteiger charge is 2.34. The zero-order valence-corrected chi connectivity index (χ0v) is 15.9. The van der Waals surface area contributed by atoms with E-state index in [0.29, 0.717) is 18.0 Å². The molecule has 0 unspecified atom stereocenters. The number of hydrogen-bond donors (Lipinski definition) is 3. The number of amides is 2. The topological polar surface area (TPSA) is 111 Å². The Hall–Kier alpha value is -2.58. The number of halogens is 1. The van der Waals surface area contributed by atoms with Gasteiger partial charge in [-0.1, -0.05) is 0 Å². The van der Waals surface area contributed by atoms with Crippen LogP contribution in [-0.2, 0) is 16.6 Å². The monoisotopic (exact) mass is 393 g/mol. The highest BCUT2D eigenvalue weighted by Crippen LogP contribution is 2.29. The van der Waals surface area contributed by atoms with E-state index in [1.807, 2.05) is 19.4 Å². The fraction of sp³-hybridized carbons (Fsp3) is 0.389. The van der Waals surface area contributed by atoms with Crippen molar-refractivity contribution in [3.63, 3.8) is 0 Å². The van der Waals surface area contributed by atoms with Gasteiger partial charge in [0.2, 0.25) is 11.8 Å². The van der Waals surface area contributed by atoms with Crippen molar-refractivity contribution < 1.29 is 14.3 Å². The summed E-state index contributed by atoms with van der Waals surface area (Å²) in [5, 5.41) is 10.4. The van der Waals surface area contributed by atoms with E-state index in [2.05, 4.69) is 15.7 Å². The van der Waals surface area contributed by atoms with Crippen LogP contribution in [0, 0.1) is 5.92 Å². The summed E-state index contributed by atoms with van der Waals surface area (Å²) >= 11 is 0. The Morgan fingerprint density at radius 1 is 1.33 bits per heavy atom. The Morgan fingerprint density at radius 3 is 2.70 bits per heavy atom. The van der Waals surface area contributed by atoms with Crippen LogP contribution in [0.5, 0.6) is 5.75 Å². The van der Waals surface area contributed by atoms with Gasteiger partial charge in [0.25, 0.3) is 0 Å². The predicted octanol–water partition coefficient (Wildman–Crippen LogP) is 1.04.